The molecular weight excluding hydrogens is 473 g/mol. The Hall–Kier alpha value is -3.15. The topological polar surface area (TPSA) is 92.0 Å². The van der Waals surface area contributed by atoms with Crippen LogP contribution in [0.1, 0.15) is 34.5 Å². The molecule has 0 bridgehead atoms. The number of carbonyl (C=O) groups is 1. The zero-order valence-corrected chi connectivity index (χ0v) is 18.1. The molecule has 1 amide bonds. The fourth-order valence-corrected chi connectivity index (χ4v) is 3.12. The van der Waals surface area contributed by atoms with E-state index in [9.17, 15) is 26.7 Å². The maximum absolute atomic E-state index is 13.9. The van der Waals surface area contributed by atoms with Gasteiger partial charge in [0.2, 0.25) is 0 Å². The van der Waals surface area contributed by atoms with Crippen molar-refractivity contribution >= 4 is 35.1 Å². The van der Waals surface area contributed by atoms with Crippen LogP contribution in [-0.4, -0.2) is 41.2 Å². The number of methoxy groups -OCH3 is 1. The average molecular weight is 492 g/mol. The fraction of sp³-hybridized carbons (Fsp3) is 0.350. The molecule has 1 heterocycles. The van der Waals surface area contributed by atoms with Crippen LogP contribution < -0.4 is 15.4 Å². The molecule has 0 spiro atoms. The summed E-state index contributed by atoms with van der Waals surface area (Å²) in [7, 11) is 2.09. The molecule has 3 N–H and O–H groups in total. The van der Waals surface area contributed by atoms with E-state index >= 15 is 0 Å². The Morgan fingerprint density at radius 1 is 1.30 bits per heavy atom. The Kier molecular flexibility index (Phi) is 6.68. The summed E-state index contributed by atoms with van der Waals surface area (Å²) in [6.07, 6.45) is -2.02. The summed E-state index contributed by atoms with van der Waals surface area (Å²) in [5, 5.41) is 16.5. The van der Waals surface area contributed by atoms with Gasteiger partial charge >= 0.3 is 12.1 Å². The van der Waals surface area contributed by atoms with Crippen molar-refractivity contribution in [3.8, 4) is 5.75 Å². The molecule has 7 nitrogen and oxygen atoms in total. The molecule has 1 aliphatic rings. The molecule has 0 aliphatic heterocycles. The number of anilines is 1. The number of aryl methyl sites for hydroxylation is 1. The summed E-state index contributed by atoms with van der Waals surface area (Å²) in [5.41, 5.74) is -0.860. The molecule has 0 radical (unpaired) electrons. The smallest absolute Gasteiger partial charge is 0.459 e. The van der Waals surface area contributed by atoms with Gasteiger partial charge in [-0.05, 0) is 30.5 Å². The first-order chi connectivity index (χ1) is 15.4. The lowest BCUT2D eigenvalue weighted by molar-refractivity contribution is -0.291. The summed E-state index contributed by atoms with van der Waals surface area (Å²) in [6, 6.07) is 4.53. The number of hydrogen-bond acceptors (Lipinski definition) is 5. The summed E-state index contributed by atoms with van der Waals surface area (Å²) in [4.78, 5) is 12.4. The molecule has 1 aliphatic carbocycles. The normalized spacial score (nSPS) is 14.7. The third-order valence-corrected chi connectivity index (χ3v) is 5.17. The van der Waals surface area contributed by atoms with Gasteiger partial charge in [-0.1, -0.05) is 17.7 Å². The molecule has 0 unspecified atom stereocenters. The molecule has 0 saturated heterocycles. The standard InChI is InChI=1S/C20H19ClF5N5O2/c1-31-17(15(33-2)16(30-31)19(22,23)20(24,25)26)28-9-11(8-27)10-3-6-14(21)13(7-10)18(32)29-12-4-5-12/h3,6-9,12,27-28H,4-5H2,1-2H3,(H,29,32)/b11-9+,27-8?. The lowest BCUT2D eigenvalue weighted by Gasteiger charge is -2.18. The number of allylic oxidation sites excluding steroid dienone is 1. The van der Waals surface area contributed by atoms with E-state index in [0.717, 1.165) is 37.9 Å². The first-order valence-electron chi connectivity index (χ1n) is 9.54. The van der Waals surface area contributed by atoms with Crippen molar-refractivity contribution in [1.29, 1.82) is 5.41 Å². The third kappa shape index (κ3) is 4.95. The van der Waals surface area contributed by atoms with Crippen LogP contribution in [0.2, 0.25) is 5.02 Å². The number of alkyl halides is 5. The van der Waals surface area contributed by atoms with Crippen LogP contribution in [0.5, 0.6) is 5.75 Å². The van der Waals surface area contributed by atoms with Crippen LogP contribution >= 0.6 is 11.6 Å². The number of aromatic nitrogens is 2. The van der Waals surface area contributed by atoms with Gasteiger partial charge in [-0.2, -0.15) is 27.1 Å². The van der Waals surface area contributed by atoms with Gasteiger partial charge in [-0.15, -0.1) is 0 Å². The molecule has 1 aromatic carbocycles. The van der Waals surface area contributed by atoms with Crippen molar-refractivity contribution in [2.75, 3.05) is 12.4 Å². The largest absolute Gasteiger partial charge is 0.491 e. The van der Waals surface area contributed by atoms with E-state index in [1.54, 1.807) is 0 Å². The highest BCUT2D eigenvalue weighted by Gasteiger charge is 2.62. The van der Waals surface area contributed by atoms with E-state index < -0.39 is 23.5 Å². The molecule has 13 heteroatoms. The molecule has 3 rings (SSSR count). The number of nitrogens with one attached hydrogen (secondary N) is 3. The monoisotopic (exact) mass is 491 g/mol. The minimum atomic E-state index is -5.87. The quantitative estimate of drug-likeness (QED) is 0.368. The summed E-state index contributed by atoms with van der Waals surface area (Å²) in [5.74, 6) is -6.73. The number of ether oxygens (including phenoxy) is 1. The van der Waals surface area contributed by atoms with E-state index in [-0.39, 0.29) is 33.9 Å². The van der Waals surface area contributed by atoms with Crippen molar-refractivity contribution in [1.82, 2.24) is 15.1 Å². The number of hydrogen-bond donors (Lipinski definition) is 3. The van der Waals surface area contributed by atoms with Crippen molar-refractivity contribution < 1.29 is 31.5 Å². The molecule has 1 saturated carbocycles. The van der Waals surface area contributed by atoms with E-state index in [2.05, 4.69) is 15.7 Å². The van der Waals surface area contributed by atoms with E-state index in [1.807, 2.05) is 0 Å². The molecule has 1 aromatic heterocycles. The second-order valence-electron chi connectivity index (χ2n) is 7.26. The zero-order valence-electron chi connectivity index (χ0n) is 17.4. The first-order valence-corrected chi connectivity index (χ1v) is 9.92. The predicted octanol–water partition coefficient (Wildman–Crippen LogP) is 4.73. The van der Waals surface area contributed by atoms with Gasteiger partial charge in [-0.25, -0.2) is 4.68 Å². The second-order valence-corrected chi connectivity index (χ2v) is 7.66. The zero-order chi connectivity index (χ0) is 24.6. The van der Waals surface area contributed by atoms with Crippen LogP contribution in [0.4, 0.5) is 27.8 Å². The van der Waals surface area contributed by atoms with Gasteiger partial charge in [0.1, 0.15) is 0 Å². The molecule has 2 aromatic rings. The number of carbonyl (C=O) groups excluding carboxylic acids is 1. The van der Waals surface area contributed by atoms with Gasteiger partial charge in [0, 0.05) is 31.1 Å². The van der Waals surface area contributed by atoms with E-state index in [0.29, 0.717) is 5.56 Å². The maximum Gasteiger partial charge on any atom is 0.459 e. The van der Waals surface area contributed by atoms with Crippen LogP contribution in [0.3, 0.4) is 0 Å². The SMILES string of the molecule is COc1c(C(F)(F)C(F)(F)F)nn(C)c1N/C=C(\C=N)c1ccc(Cl)c(C(=O)NC2CC2)c1. The summed E-state index contributed by atoms with van der Waals surface area (Å²) < 4.78 is 71.8. The number of halogens is 6. The Morgan fingerprint density at radius 2 is 1.97 bits per heavy atom. The highest BCUT2D eigenvalue weighted by Crippen LogP contribution is 2.48. The average Bonchev–Trinajstić information content (AvgIpc) is 3.49. The minimum absolute atomic E-state index is 0.0953. The molecule has 178 valence electrons. The van der Waals surface area contributed by atoms with Crippen molar-refractivity contribution in [3.05, 3.63) is 46.2 Å². The number of nitrogens with zero attached hydrogens (tertiary/aromatic N) is 2. The van der Waals surface area contributed by atoms with E-state index in [1.165, 1.54) is 24.4 Å². The highest BCUT2D eigenvalue weighted by molar-refractivity contribution is 6.34. The van der Waals surface area contributed by atoms with Crippen molar-refractivity contribution in [2.45, 2.75) is 31.0 Å². The Bertz CT molecular complexity index is 1110. The van der Waals surface area contributed by atoms with Crippen molar-refractivity contribution in [3.63, 3.8) is 0 Å². The van der Waals surface area contributed by atoms with E-state index in [4.69, 9.17) is 21.7 Å². The van der Waals surface area contributed by atoms with Gasteiger partial charge in [0.25, 0.3) is 5.91 Å². The van der Waals surface area contributed by atoms with Crippen LogP contribution in [-0.2, 0) is 13.0 Å². The van der Waals surface area contributed by atoms with Crippen LogP contribution in [0.25, 0.3) is 5.57 Å². The lowest BCUT2D eigenvalue weighted by atomic mass is 10.0. The molecule has 33 heavy (non-hydrogen) atoms. The molecule has 1 fully saturated rings. The third-order valence-electron chi connectivity index (χ3n) is 4.84. The molecule has 0 atom stereocenters. The first kappa shape index (κ1) is 24.5. The maximum atomic E-state index is 13.9. The number of benzene rings is 1. The minimum Gasteiger partial charge on any atom is -0.491 e. The van der Waals surface area contributed by atoms with Crippen LogP contribution in [0, 0.1) is 5.41 Å². The number of amides is 1. The summed E-state index contributed by atoms with van der Waals surface area (Å²) >= 11 is 6.11. The predicted molar refractivity (Wildman–Crippen MR) is 112 cm³/mol. The van der Waals surface area contributed by atoms with Gasteiger partial charge in [0.15, 0.2) is 17.3 Å². The Morgan fingerprint density at radius 3 is 2.52 bits per heavy atom. The van der Waals surface area contributed by atoms with Gasteiger partial charge in [0.05, 0.1) is 17.7 Å². The van der Waals surface area contributed by atoms with Gasteiger partial charge < -0.3 is 20.8 Å². The second kappa shape index (κ2) is 9.00. The molecular formula is C20H19ClF5N5O2. The lowest BCUT2D eigenvalue weighted by Crippen LogP contribution is -2.34. The Balaban J connectivity index is 1.94. The van der Waals surface area contributed by atoms with Crippen molar-refractivity contribution in [2.24, 2.45) is 7.05 Å². The van der Waals surface area contributed by atoms with Crippen LogP contribution in [0.15, 0.2) is 24.4 Å². The van der Waals surface area contributed by atoms with Gasteiger partial charge in [-0.3, -0.25) is 4.79 Å². The highest BCUT2D eigenvalue weighted by atomic mass is 35.5. The Labute approximate surface area is 190 Å². The fourth-order valence-electron chi connectivity index (χ4n) is 2.92. The number of rotatable bonds is 8. The summed E-state index contributed by atoms with van der Waals surface area (Å²) in [6.45, 7) is 0.